The van der Waals surface area contributed by atoms with Crippen LogP contribution in [0.1, 0.15) is 40.3 Å². The predicted octanol–water partition coefficient (Wildman–Crippen LogP) is 1.77. The van der Waals surface area contributed by atoms with Gasteiger partial charge in [-0.1, -0.05) is 0 Å². The molecule has 3 aromatic rings. The first-order valence-corrected chi connectivity index (χ1v) is 10.0. The van der Waals surface area contributed by atoms with Gasteiger partial charge in [0.25, 0.3) is 11.7 Å². The van der Waals surface area contributed by atoms with Gasteiger partial charge in [0, 0.05) is 50.7 Å². The molecule has 4 rings (SSSR count). The van der Waals surface area contributed by atoms with Gasteiger partial charge in [-0.05, 0) is 45.6 Å². The quantitative estimate of drug-likeness (QED) is 0.668. The summed E-state index contributed by atoms with van der Waals surface area (Å²) in [6.45, 7) is 8.65. The maximum atomic E-state index is 12.7. The Labute approximate surface area is 170 Å². The van der Waals surface area contributed by atoms with Gasteiger partial charge in [-0.2, -0.15) is 19.7 Å². The molecule has 0 unspecified atom stereocenters. The van der Waals surface area contributed by atoms with Crippen LogP contribution in [0.4, 0.5) is 5.82 Å². The van der Waals surface area contributed by atoms with Gasteiger partial charge in [-0.3, -0.25) is 9.48 Å². The fraction of sp³-hybridized carbons (Fsp3) is 0.550. The van der Waals surface area contributed by atoms with E-state index in [1.54, 1.807) is 15.9 Å². The third kappa shape index (κ3) is 3.56. The van der Waals surface area contributed by atoms with Crippen LogP contribution in [0, 0.1) is 26.7 Å². The summed E-state index contributed by atoms with van der Waals surface area (Å²) >= 11 is 0. The number of anilines is 1. The summed E-state index contributed by atoms with van der Waals surface area (Å²) in [6.07, 6.45) is 3.60. The normalized spacial score (nSPS) is 15.3. The average Bonchev–Trinajstić information content (AvgIpc) is 3.29. The number of fused-ring (bicyclic) bond motifs is 1. The standard InChI is InChI=1S/C20H28N8O/c1-13-10-17(24-26(13)5)19(29)25(4)11-16-6-8-27(9-7-16)18-14(2)15(3)23-20-21-12-22-28(18)20/h10,12,16H,6-9,11H2,1-5H3. The Bertz CT molecular complexity index is 1020. The van der Waals surface area contributed by atoms with E-state index in [9.17, 15) is 4.79 Å². The minimum absolute atomic E-state index is 0.0129. The largest absolute Gasteiger partial charge is 0.356 e. The lowest BCUT2D eigenvalue weighted by Crippen LogP contribution is -2.40. The minimum Gasteiger partial charge on any atom is -0.356 e. The van der Waals surface area contributed by atoms with E-state index in [2.05, 4.69) is 32.0 Å². The summed E-state index contributed by atoms with van der Waals surface area (Å²) in [6, 6.07) is 1.85. The fourth-order valence-corrected chi connectivity index (χ4v) is 4.04. The Morgan fingerprint density at radius 3 is 2.62 bits per heavy atom. The number of amides is 1. The van der Waals surface area contributed by atoms with E-state index >= 15 is 0 Å². The summed E-state index contributed by atoms with van der Waals surface area (Å²) in [4.78, 5) is 25.6. The SMILES string of the molecule is Cc1nc2ncnn2c(N2CCC(CN(C)C(=O)c3cc(C)n(C)n3)CC2)c1C. The maximum absolute atomic E-state index is 12.7. The number of nitrogens with zero attached hydrogens (tertiary/aromatic N) is 8. The Morgan fingerprint density at radius 2 is 1.97 bits per heavy atom. The van der Waals surface area contributed by atoms with Crippen molar-refractivity contribution in [3.63, 3.8) is 0 Å². The van der Waals surface area contributed by atoms with Crippen LogP contribution in [-0.2, 0) is 7.05 Å². The van der Waals surface area contributed by atoms with E-state index in [0.717, 1.165) is 55.2 Å². The molecule has 0 aliphatic carbocycles. The number of carbonyl (C=O) groups excluding carboxylic acids is 1. The molecule has 1 fully saturated rings. The lowest BCUT2D eigenvalue weighted by Gasteiger charge is -2.35. The topological polar surface area (TPSA) is 84.5 Å². The maximum Gasteiger partial charge on any atom is 0.274 e. The minimum atomic E-state index is -0.0129. The van der Waals surface area contributed by atoms with Crippen LogP contribution < -0.4 is 4.90 Å². The third-order valence-corrected chi connectivity index (χ3v) is 6.00. The summed E-state index contributed by atoms with van der Waals surface area (Å²) < 4.78 is 3.57. The molecule has 29 heavy (non-hydrogen) atoms. The number of piperidine rings is 1. The number of hydrogen-bond acceptors (Lipinski definition) is 6. The second kappa shape index (κ2) is 7.46. The van der Waals surface area contributed by atoms with E-state index in [4.69, 9.17) is 0 Å². The van der Waals surface area contributed by atoms with Crippen molar-refractivity contribution in [2.75, 3.05) is 31.6 Å². The molecule has 0 aromatic carbocycles. The van der Waals surface area contributed by atoms with E-state index < -0.39 is 0 Å². The van der Waals surface area contributed by atoms with Crippen molar-refractivity contribution in [1.82, 2.24) is 34.3 Å². The van der Waals surface area contributed by atoms with Crippen molar-refractivity contribution < 1.29 is 4.79 Å². The highest BCUT2D eigenvalue weighted by atomic mass is 16.2. The highest BCUT2D eigenvalue weighted by molar-refractivity contribution is 5.92. The van der Waals surface area contributed by atoms with Gasteiger partial charge in [0.05, 0.1) is 0 Å². The number of aryl methyl sites for hydroxylation is 3. The second-order valence-corrected chi connectivity index (χ2v) is 8.03. The molecule has 0 radical (unpaired) electrons. The van der Waals surface area contributed by atoms with Gasteiger partial charge in [0.15, 0.2) is 5.69 Å². The van der Waals surface area contributed by atoms with Crippen LogP contribution in [0.25, 0.3) is 5.78 Å². The molecule has 9 heteroatoms. The highest BCUT2D eigenvalue weighted by Gasteiger charge is 2.26. The van der Waals surface area contributed by atoms with E-state index in [0.29, 0.717) is 17.4 Å². The van der Waals surface area contributed by atoms with Crippen LogP contribution in [0.5, 0.6) is 0 Å². The summed E-state index contributed by atoms with van der Waals surface area (Å²) in [5.41, 5.74) is 3.62. The summed E-state index contributed by atoms with van der Waals surface area (Å²) in [5, 5.41) is 8.68. The molecule has 154 valence electrons. The average molecular weight is 396 g/mol. The smallest absolute Gasteiger partial charge is 0.274 e. The van der Waals surface area contributed by atoms with Crippen LogP contribution in [0.15, 0.2) is 12.4 Å². The lowest BCUT2D eigenvalue weighted by atomic mass is 9.96. The Morgan fingerprint density at radius 1 is 1.24 bits per heavy atom. The Kier molecular flexibility index (Phi) is 4.97. The Balaban J connectivity index is 1.42. The van der Waals surface area contributed by atoms with Gasteiger partial charge in [-0.15, -0.1) is 0 Å². The first-order chi connectivity index (χ1) is 13.8. The zero-order valence-corrected chi connectivity index (χ0v) is 17.8. The van der Waals surface area contributed by atoms with Crippen molar-refractivity contribution >= 4 is 17.5 Å². The highest BCUT2D eigenvalue weighted by Crippen LogP contribution is 2.27. The van der Waals surface area contributed by atoms with Crippen LogP contribution in [-0.4, -0.2) is 66.9 Å². The zero-order valence-electron chi connectivity index (χ0n) is 17.8. The molecule has 1 aliphatic heterocycles. The van der Waals surface area contributed by atoms with E-state index in [-0.39, 0.29) is 5.91 Å². The molecule has 4 heterocycles. The van der Waals surface area contributed by atoms with Gasteiger partial charge < -0.3 is 9.80 Å². The third-order valence-electron chi connectivity index (χ3n) is 6.00. The van der Waals surface area contributed by atoms with Crippen LogP contribution >= 0.6 is 0 Å². The second-order valence-electron chi connectivity index (χ2n) is 8.03. The van der Waals surface area contributed by atoms with Crippen molar-refractivity contribution in [1.29, 1.82) is 0 Å². The van der Waals surface area contributed by atoms with Gasteiger partial charge in [0.1, 0.15) is 12.1 Å². The predicted molar refractivity (Wildman–Crippen MR) is 110 cm³/mol. The lowest BCUT2D eigenvalue weighted by molar-refractivity contribution is 0.0758. The molecule has 0 saturated carbocycles. The van der Waals surface area contributed by atoms with Gasteiger partial charge >= 0.3 is 0 Å². The zero-order chi connectivity index (χ0) is 20.7. The first-order valence-electron chi connectivity index (χ1n) is 10.0. The molecule has 1 saturated heterocycles. The Hall–Kier alpha value is -2.97. The number of carbonyl (C=O) groups is 1. The number of rotatable bonds is 4. The summed E-state index contributed by atoms with van der Waals surface area (Å²) in [5.74, 6) is 2.18. The van der Waals surface area contributed by atoms with Gasteiger partial charge in [-0.25, -0.2) is 4.98 Å². The molecule has 0 N–H and O–H groups in total. The van der Waals surface area contributed by atoms with Crippen molar-refractivity contribution in [3.8, 4) is 0 Å². The van der Waals surface area contributed by atoms with Crippen LogP contribution in [0.2, 0.25) is 0 Å². The molecular formula is C20H28N8O. The molecule has 3 aromatic heterocycles. The van der Waals surface area contributed by atoms with Gasteiger partial charge in [0.2, 0.25) is 0 Å². The van der Waals surface area contributed by atoms with Crippen molar-refractivity contribution in [3.05, 3.63) is 35.0 Å². The first kappa shape index (κ1) is 19.4. The van der Waals surface area contributed by atoms with Crippen molar-refractivity contribution in [2.24, 2.45) is 13.0 Å². The molecule has 1 aliphatic rings. The molecule has 0 spiro atoms. The summed E-state index contributed by atoms with van der Waals surface area (Å²) in [7, 11) is 3.73. The number of hydrogen-bond donors (Lipinski definition) is 0. The molecular weight excluding hydrogens is 368 g/mol. The molecule has 0 atom stereocenters. The molecule has 0 bridgehead atoms. The van der Waals surface area contributed by atoms with E-state index in [1.165, 1.54) is 0 Å². The molecule has 1 amide bonds. The van der Waals surface area contributed by atoms with E-state index in [1.807, 2.05) is 38.5 Å². The molecule has 9 nitrogen and oxygen atoms in total. The van der Waals surface area contributed by atoms with Crippen LogP contribution in [0.3, 0.4) is 0 Å². The monoisotopic (exact) mass is 396 g/mol. The number of aromatic nitrogens is 6. The fourth-order valence-electron chi connectivity index (χ4n) is 4.04. The van der Waals surface area contributed by atoms with Crippen molar-refractivity contribution in [2.45, 2.75) is 33.6 Å².